The Morgan fingerprint density at radius 3 is 2.52 bits per heavy atom. The van der Waals surface area contributed by atoms with Gasteiger partial charge in [0.05, 0.1) is 16.8 Å². The van der Waals surface area contributed by atoms with Gasteiger partial charge in [0.2, 0.25) is 0 Å². The molecule has 6 heteroatoms. The lowest BCUT2D eigenvalue weighted by Gasteiger charge is -2.08. The second kappa shape index (κ2) is 11.0. The van der Waals surface area contributed by atoms with E-state index in [1.807, 2.05) is 24.3 Å². The summed E-state index contributed by atoms with van der Waals surface area (Å²) in [7, 11) is 0. The molecule has 4 nitrogen and oxygen atoms in total. The van der Waals surface area contributed by atoms with Crippen LogP contribution in [0.15, 0.2) is 83.9 Å². The van der Waals surface area contributed by atoms with Crippen molar-refractivity contribution in [3.8, 4) is 0 Å². The molecular weight excluding hydrogens is 420 g/mol. The molecule has 0 fully saturated rings. The smallest absolute Gasteiger partial charge is 0.183 e. The molecular formula is C25H26N4S2. The molecule has 5 rings (SSSR count). The van der Waals surface area contributed by atoms with Crippen molar-refractivity contribution in [3.05, 3.63) is 90.0 Å². The molecule has 0 spiro atoms. The van der Waals surface area contributed by atoms with Gasteiger partial charge in [0.1, 0.15) is 0 Å². The number of rotatable bonds is 5. The summed E-state index contributed by atoms with van der Waals surface area (Å²) in [5.74, 6) is 1.08. The summed E-state index contributed by atoms with van der Waals surface area (Å²) in [4.78, 5) is 9.04. The molecule has 0 amide bonds. The normalized spacial score (nSPS) is 12.7. The van der Waals surface area contributed by atoms with Crippen LogP contribution in [0.2, 0.25) is 0 Å². The number of amidine groups is 1. The van der Waals surface area contributed by atoms with Crippen molar-refractivity contribution in [2.24, 2.45) is 4.99 Å². The molecule has 1 aromatic heterocycles. The van der Waals surface area contributed by atoms with Gasteiger partial charge in [-0.15, -0.1) is 0 Å². The van der Waals surface area contributed by atoms with E-state index in [9.17, 15) is 0 Å². The van der Waals surface area contributed by atoms with Gasteiger partial charge < -0.3 is 10.6 Å². The van der Waals surface area contributed by atoms with Crippen molar-refractivity contribution in [2.45, 2.75) is 13.3 Å². The highest BCUT2D eigenvalue weighted by atomic mass is 32.2. The van der Waals surface area contributed by atoms with Crippen LogP contribution in [-0.4, -0.2) is 29.0 Å². The fourth-order valence-corrected chi connectivity index (χ4v) is 4.77. The summed E-state index contributed by atoms with van der Waals surface area (Å²) in [5, 5.41) is 8.84. The first-order valence-corrected chi connectivity index (χ1v) is 12.2. The largest absolute Gasteiger partial charge is 0.361 e. The lowest BCUT2D eigenvalue weighted by atomic mass is 10.1. The van der Waals surface area contributed by atoms with Crippen molar-refractivity contribution < 1.29 is 0 Å². The maximum atomic E-state index is 4.61. The number of thiazole rings is 1. The molecule has 3 aromatic carbocycles. The zero-order valence-corrected chi connectivity index (χ0v) is 19.2. The highest BCUT2D eigenvalue weighted by Crippen LogP contribution is 2.25. The summed E-state index contributed by atoms with van der Waals surface area (Å²) in [6.07, 6.45) is 0.963. The van der Waals surface area contributed by atoms with Gasteiger partial charge in [-0.2, -0.15) is 0 Å². The zero-order chi connectivity index (χ0) is 21.3. The summed E-state index contributed by atoms with van der Waals surface area (Å²) < 4.78 is 1.22. The predicted molar refractivity (Wildman–Crippen MR) is 138 cm³/mol. The number of aromatic nitrogens is 1. The van der Waals surface area contributed by atoms with Crippen LogP contribution in [0.1, 0.15) is 11.1 Å². The van der Waals surface area contributed by atoms with E-state index in [2.05, 4.69) is 82.1 Å². The summed E-state index contributed by atoms with van der Waals surface area (Å²) in [5.41, 5.74) is 4.80. The van der Waals surface area contributed by atoms with Gasteiger partial charge in [-0.3, -0.25) is 4.99 Å². The fourth-order valence-electron chi connectivity index (χ4n) is 3.13. The first-order valence-electron chi connectivity index (χ1n) is 10.4. The van der Waals surface area contributed by atoms with E-state index in [4.69, 9.17) is 0 Å². The van der Waals surface area contributed by atoms with E-state index >= 15 is 0 Å². The predicted octanol–water partition coefficient (Wildman–Crippen LogP) is 6.46. The Morgan fingerprint density at radius 1 is 0.935 bits per heavy atom. The van der Waals surface area contributed by atoms with Crippen LogP contribution in [0.3, 0.4) is 0 Å². The Bertz CT molecular complexity index is 1110. The fraction of sp³-hybridized carbons (Fsp3) is 0.200. The van der Waals surface area contributed by atoms with Crippen LogP contribution in [0.5, 0.6) is 0 Å². The van der Waals surface area contributed by atoms with E-state index in [1.165, 1.54) is 15.8 Å². The van der Waals surface area contributed by atoms with Crippen LogP contribution in [0, 0.1) is 6.92 Å². The van der Waals surface area contributed by atoms with Gasteiger partial charge in [-0.05, 0) is 43.2 Å². The average Bonchev–Trinajstić information content (AvgIpc) is 3.44. The van der Waals surface area contributed by atoms with Gasteiger partial charge in [0.25, 0.3) is 0 Å². The average molecular weight is 447 g/mol. The molecule has 158 valence electrons. The molecule has 0 unspecified atom stereocenters. The van der Waals surface area contributed by atoms with Crippen molar-refractivity contribution >= 4 is 49.3 Å². The number of nitrogens with zero attached hydrogens (tertiary/aromatic N) is 2. The van der Waals surface area contributed by atoms with Crippen LogP contribution in [-0.2, 0) is 6.42 Å². The van der Waals surface area contributed by atoms with Crippen molar-refractivity contribution in [1.29, 1.82) is 0 Å². The van der Waals surface area contributed by atoms with Crippen LogP contribution < -0.4 is 10.6 Å². The molecule has 1 aliphatic heterocycles. The van der Waals surface area contributed by atoms with Crippen LogP contribution in [0.4, 0.5) is 10.8 Å². The molecule has 0 saturated heterocycles. The van der Waals surface area contributed by atoms with Gasteiger partial charge in [0.15, 0.2) is 10.3 Å². The molecule has 2 N–H and O–H groups in total. The minimum atomic E-state index is 0.874. The van der Waals surface area contributed by atoms with Gasteiger partial charge in [-0.1, -0.05) is 83.3 Å². The third kappa shape index (κ3) is 6.57. The molecule has 31 heavy (non-hydrogen) atoms. The number of fused-ring (bicyclic) bond motifs is 1. The Hall–Kier alpha value is -2.83. The summed E-state index contributed by atoms with van der Waals surface area (Å²) >= 11 is 3.48. The van der Waals surface area contributed by atoms with E-state index in [0.29, 0.717) is 0 Å². The minimum Gasteiger partial charge on any atom is -0.361 e. The van der Waals surface area contributed by atoms with E-state index in [-0.39, 0.29) is 0 Å². The van der Waals surface area contributed by atoms with Gasteiger partial charge in [0, 0.05) is 18.0 Å². The van der Waals surface area contributed by atoms with Gasteiger partial charge >= 0.3 is 0 Å². The standard InChI is InChI=1S/C18H18N4S2.C7H8/c1-2-7-16-15(6-1)22-18(24-16)19-9-8-13-4-3-5-14(12-13)21-17-20-10-11-23-17;1-7-5-3-2-4-6-7/h1-7,12H,8-11H2,(H,19,22)(H,20,21);2-6H,1H3. The molecule has 0 aliphatic carbocycles. The van der Waals surface area contributed by atoms with Crippen molar-refractivity contribution in [2.75, 3.05) is 29.5 Å². The van der Waals surface area contributed by atoms with E-state index < -0.39 is 0 Å². The number of benzene rings is 3. The molecule has 0 bridgehead atoms. The molecule has 4 aromatic rings. The molecule has 0 atom stereocenters. The third-order valence-electron chi connectivity index (χ3n) is 4.69. The third-order valence-corrected chi connectivity index (χ3v) is 6.57. The zero-order valence-electron chi connectivity index (χ0n) is 17.5. The molecule has 2 heterocycles. The monoisotopic (exact) mass is 446 g/mol. The van der Waals surface area contributed by atoms with Crippen LogP contribution >= 0.6 is 23.1 Å². The Labute approximate surface area is 191 Å². The van der Waals surface area contributed by atoms with E-state index in [1.54, 1.807) is 23.1 Å². The SMILES string of the molecule is Cc1ccccc1.c1cc(CCNc2nc3ccccc3s2)cc(NC2=NCCS2)c1. The highest BCUT2D eigenvalue weighted by molar-refractivity contribution is 8.14. The molecule has 0 saturated carbocycles. The number of nitrogens with one attached hydrogen (secondary N) is 2. The highest BCUT2D eigenvalue weighted by Gasteiger charge is 2.07. The number of aryl methyl sites for hydroxylation is 1. The Kier molecular flexibility index (Phi) is 7.58. The topological polar surface area (TPSA) is 49.3 Å². The maximum Gasteiger partial charge on any atom is 0.183 e. The number of hydrogen-bond donors (Lipinski definition) is 2. The Balaban J connectivity index is 0.000000282. The quantitative estimate of drug-likeness (QED) is 0.369. The molecule has 0 radical (unpaired) electrons. The number of aliphatic imine (C=N–C) groups is 1. The number of hydrogen-bond acceptors (Lipinski definition) is 6. The first kappa shape index (κ1) is 21.4. The number of thioether (sulfide) groups is 1. The summed E-state index contributed by atoms with van der Waals surface area (Å²) in [6.45, 7) is 3.87. The number of anilines is 2. The van der Waals surface area contributed by atoms with Crippen molar-refractivity contribution in [3.63, 3.8) is 0 Å². The first-order chi connectivity index (χ1) is 15.3. The van der Waals surface area contributed by atoms with E-state index in [0.717, 1.165) is 46.8 Å². The number of para-hydroxylation sites is 1. The second-order valence-electron chi connectivity index (χ2n) is 7.18. The Morgan fingerprint density at radius 2 is 1.77 bits per heavy atom. The lowest BCUT2D eigenvalue weighted by molar-refractivity contribution is 1.02. The second-order valence-corrected chi connectivity index (χ2v) is 9.29. The lowest BCUT2D eigenvalue weighted by Crippen LogP contribution is -2.07. The van der Waals surface area contributed by atoms with Crippen molar-refractivity contribution in [1.82, 2.24) is 4.98 Å². The minimum absolute atomic E-state index is 0.874. The maximum absolute atomic E-state index is 4.61. The summed E-state index contributed by atoms with van der Waals surface area (Å²) in [6, 6.07) is 27.0. The van der Waals surface area contributed by atoms with Crippen LogP contribution in [0.25, 0.3) is 10.2 Å². The van der Waals surface area contributed by atoms with Gasteiger partial charge in [-0.25, -0.2) is 4.98 Å². The molecule has 1 aliphatic rings.